The van der Waals surface area contributed by atoms with Gasteiger partial charge in [0.05, 0.1) is 13.0 Å². The Balaban J connectivity index is 4.96. The number of amides is 4. The molecular weight excluding hydrogens is 358 g/mol. The first-order valence-electron chi connectivity index (χ1n) is 6.98. The molecule has 0 aromatic heterocycles. The van der Waals surface area contributed by atoms with E-state index >= 15 is 0 Å². The Morgan fingerprint density at radius 2 is 1.56 bits per heavy atom. The normalized spacial score (nSPS) is 13.9. The van der Waals surface area contributed by atoms with Crippen LogP contribution in [0.3, 0.4) is 0 Å². The number of aliphatic hydroxyl groups is 1. The Morgan fingerprint density at radius 1 is 1.00 bits per heavy atom. The smallest absolute Gasteiger partial charge is 0.322 e. The van der Waals surface area contributed by atoms with Crippen LogP contribution >= 0.6 is 12.6 Å². The first-order valence-corrected chi connectivity index (χ1v) is 7.61. The Hall–Kier alpha value is -2.38. The van der Waals surface area contributed by atoms with Gasteiger partial charge in [0.25, 0.3) is 0 Å². The molecule has 0 saturated carbocycles. The predicted molar refractivity (Wildman–Crippen MR) is 87.2 cm³/mol. The topological polar surface area (TPSA) is 214 Å². The van der Waals surface area contributed by atoms with Gasteiger partial charge in [-0.25, -0.2) is 0 Å². The third-order valence-corrected chi connectivity index (χ3v) is 3.17. The highest BCUT2D eigenvalue weighted by molar-refractivity contribution is 7.80. The highest BCUT2D eigenvalue weighted by Gasteiger charge is 2.28. The van der Waals surface area contributed by atoms with Crippen LogP contribution in [-0.2, 0) is 24.0 Å². The maximum Gasteiger partial charge on any atom is 0.322 e. The molecule has 0 fully saturated rings. The molecule has 0 spiro atoms. The Labute approximate surface area is 148 Å². The summed E-state index contributed by atoms with van der Waals surface area (Å²) in [7, 11) is 0. The second-order valence-corrected chi connectivity index (χ2v) is 5.24. The minimum atomic E-state index is -1.44. The standard InChI is InChI=1S/C12H21N5O7S/c13-5(3-18)10(22)17-7(4-25)12(24)16-6(1-8(14)19)11(23)15-2-9(20)21/h5-7,18,25H,1-4,13H2,(H2,14,19)(H,15,23)(H,16,24)(H,17,22)(H,20,21). The van der Waals surface area contributed by atoms with Crippen molar-refractivity contribution in [2.24, 2.45) is 11.5 Å². The zero-order chi connectivity index (χ0) is 19.6. The monoisotopic (exact) mass is 379 g/mol. The van der Waals surface area contributed by atoms with Crippen LogP contribution in [0.2, 0.25) is 0 Å². The molecule has 9 N–H and O–H groups in total. The number of nitrogens with two attached hydrogens (primary N) is 2. The van der Waals surface area contributed by atoms with E-state index in [-0.39, 0.29) is 5.75 Å². The van der Waals surface area contributed by atoms with Gasteiger partial charge in [-0.15, -0.1) is 0 Å². The molecule has 13 heteroatoms. The summed E-state index contributed by atoms with van der Waals surface area (Å²) >= 11 is 3.89. The molecule has 0 aromatic rings. The number of carbonyl (C=O) groups excluding carboxylic acids is 4. The average molecular weight is 379 g/mol. The Bertz CT molecular complexity index is 530. The summed E-state index contributed by atoms with van der Waals surface area (Å²) in [6.45, 7) is -1.36. The molecule has 3 atom stereocenters. The molecule has 0 aliphatic rings. The highest BCUT2D eigenvalue weighted by atomic mass is 32.1. The zero-order valence-corrected chi connectivity index (χ0v) is 14.0. The molecular formula is C12H21N5O7S. The number of primary amides is 1. The molecule has 3 unspecified atom stereocenters. The second kappa shape index (κ2) is 11.2. The second-order valence-electron chi connectivity index (χ2n) is 4.88. The van der Waals surface area contributed by atoms with Crippen LogP contribution in [0.4, 0.5) is 0 Å². The van der Waals surface area contributed by atoms with Crippen LogP contribution < -0.4 is 27.4 Å². The number of nitrogens with one attached hydrogen (secondary N) is 3. The third kappa shape index (κ3) is 8.88. The van der Waals surface area contributed by atoms with E-state index in [0.29, 0.717) is 0 Å². The predicted octanol–water partition coefficient (Wildman–Crippen LogP) is -4.72. The molecule has 4 amide bonds. The van der Waals surface area contributed by atoms with Crippen molar-refractivity contribution < 1.29 is 34.2 Å². The van der Waals surface area contributed by atoms with Gasteiger partial charge in [-0.3, -0.25) is 24.0 Å². The molecule has 0 aliphatic carbocycles. The molecule has 0 rings (SSSR count). The zero-order valence-electron chi connectivity index (χ0n) is 13.1. The van der Waals surface area contributed by atoms with Gasteiger partial charge in [-0.2, -0.15) is 12.6 Å². The number of hydrogen-bond acceptors (Lipinski definition) is 8. The van der Waals surface area contributed by atoms with Gasteiger partial charge in [0.15, 0.2) is 0 Å². The van der Waals surface area contributed by atoms with E-state index in [2.05, 4.69) is 23.3 Å². The molecule has 0 heterocycles. The molecule has 12 nitrogen and oxygen atoms in total. The van der Waals surface area contributed by atoms with E-state index in [4.69, 9.17) is 21.7 Å². The van der Waals surface area contributed by atoms with Crippen molar-refractivity contribution in [2.45, 2.75) is 24.5 Å². The van der Waals surface area contributed by atoms with Crippen LogP contribution in [-0.4, -0.2) is 76.8 Å². The fraction of sp³-hybridized carbons (Fsp3) is 0.583. The van der Waals surface area contributed by atoms with E-state index in [9.17, 15) is 24.0 Å². The fourth-order valence-electron chi connectivity index (χ4n) is 1.52. The van der Waals surface area contributed by atoms with Gasteiger partial charge in [0.2, 0.25) is 23.6 Å². The highest BCUT2D eigenvalue weighted by Crippen LogP contribution is 1.97. The summed E-state index contributed by atoms with van der Waals surface area (Å²) in [5.74, 6) is -5.04. The van der Waals surface area contributed by atoms with E-state index < -0.39 is 67.3 Å². The van der Waals surface area contributed by atoms with Gasteiger partial charge in [0.1, 0.15) is 24.7 Å². The summed E-state index contributed by atoms with van der Waals surface area (Å²) in [4.78, 5) is 57.1. The molecule has 0 bridgehead atoms. The van der Waals surface area contributed by atoms with Crippen molar-refractivity contribution >= 4 is 42.2 Å². The van der Waals surface area contributed by atoms with Crippen molar-refractivity contribution in [3.8, 4) is 0 Å². The van der Waals surface area contributed by atoms with Crippen LogP contribution in [0.1, 0.15) is 6.42 Å². The number of hydrogen-bond donors (Lipinski definition) is 8. The van der Waals surface area contributed by atoms with Gasteiger partial charge in [-0.1, -0.05) is 0 Å². The van der Waals surface area contributed by atoms with Gasteiger partial charge in [0, 0.05) is 5.75 Å². The van der Waals surface area contributed by atoms with Crippen molar-refractivity contribution in [1.29, 1.82) is 0 Å². The van der Waals surface area contributed by atoms with E-state index in [1.165, 1.54) is 0 Å². The van der Waals surface area contributed by atoms with Gasteiger partial charge >= 0.3 is 5.97 Å². The van der Waals surface area contributed by atoms with Gasteiger partial charge in [-0.05, 0) is 0 Å². The summed E-state index contributed by atoms with van der Waals surface area (Å²) < 4.78 is 0. The van der Waals surface area contributed by atoms with Crippen LogP contribution in [0.15, 0.2) is 0 Å². The van der Waals surface area contributed by atoms with Crippen molar-refractivity contribution in [3.05, 3.63) is 0 Å². The molecule has 142 valence electrons. The lowest BCUT2D eigenvalue weighted by molar-refractivity contribution is -0.138. The first-order chi connectivity index (χ1) is 11.6. The van der Waals surface area contributed by atoms with Crippen molar-refractivity contribution in [3.63, 3.8) is 0 Å². The Morgan fingerprint density at radius 3 is 2.00 bits per heavy atom. The molecule has 0 aliphatic heterocycles. The lowest BCUT2D eigenvalue weighted by atomic mass is 10.1. The van der Waals surface area contributed by atoms with Crippen LogP contribution in [0.5, 0.6) is 0 Å². The van der Waals surface area contributed by atoms with Crippen LogP contribution in [0, 0.1) is 0 Å². The SMILES string of the molecule is NC(=O)CC(NC(=O)C(CS)NC(=O)C(N)CO)C(=O)NCC(=O)O. The molecule has 0 radical (unpaired) electrons. The van der Waals surface area contributed by atoms with Gasteiger partial charge < -0.3 is 37.6 Å². The maximum absolute atomic E-state index is 12.1. The number of thiol groups is 1. The number of rotatable bonds is 11. The fourth-order valence-corrected chi connectivity index (χ4v) is 1.78. The molecule has 0 saturated heterocycles. The van der Waals surface area contributed by atoms with E-state index in [1.807, 2.05) is 5.32 Å². The van der Waals surface area contributed by atoms with Crippen LogP contribution in [0.25, 0.3) is 0 Å². The summed E-state index contributed by atoms with van der Waals surface area (Å²) in [5, 5.41) is 23.7. The largest absolute Gasteiger partial charge is 0.480 e. The van der Waals surface area contributed by atoms with E-state index in [0.717, 1.165) is 0 Å². The maximum atomic E-state index is 12.1. The molecule has 25 heavy (non-hydrogen) atoms. The number of carbonyl (C=O) groups is 5. The Kier molecular flexibility index (Phi) is 10.2. The lowest BCUT2D eigenvalue weighted by Crippen LogP contribution is -2.57. The summed E-state index contributed by atoms with van der Waals surface area (Å²) in [6, 6.07) is -3.90. The number of carboxylic acid groups (broad SMARTS) is 1. The number of carboxylic acids is 1. The van der Waals surface area contributed by atoms with Crippen molar-refractivity contribution in [1.82, 2.24) is 16.0 Å². The minimum absolute atomic E-state index is 0.171. The first kappa shape index (κ1) is 22.6. The average Bonchev–Trinajstić information content (AvgIpc) is 2.54. The summed E-state index contributed by atoms with van der Waals surface area (Å²) in [6.07, 6.45) is -0.583. The van der Waals surface area contributed by atoms with Crippen molar-refractivity contribution in [2.75, 3.05) is 18.9 Å². The molecule has 0 aromatic carbocycles. The third-order valence-electron chi connectivity index (χ3n) is 2.80. The van der Waals surface area contributed by atoms with E-state index in [1.54, 1.807) is 0 Å². The lowest BCUT2D eigenvalue weighted by Gasteiger charge is -2.22. The number of aliphatic hydroxyl groups excluding tert-OH is 1. The quantitative estimate of drug-likeness (QED) is 0.163. The summed E-state index contributed by atoms with van der Waals surface area (Å²) in [5.41, 5.74) is 10.3. The minimum Gasteiger partial charge on any atom is -0.480 e. The number of aliphatic carboxylic acids is 1.